The van der Waals surface area contributed by atoms with Crippen LogP contribution in [0.1, 0.15) is 12.5 Å². The predicted molar refractivity (Wildman–Crippen MR) is 117 cm³/mol. The fourth-order valence-corrected chi connectivity index (χ4v) is 4.22. The molecule has 1 heterocycles. The van der Waals surface area contributed by atoms with Crippen molar-refractivity contribution < 1.29 is 9.72 Å². The Morgan fingerprint density at radius 3 is 2.13 bits per heavy atom. The van der Waals surface area contributed by atoms with Crippen molar-refractivity contribution in [1.29, 1.82) is 0 Å². The van der Waals surface area contributed by atoms with Crippen molar-refractivity contribution in [2.24, 2.45) is 5.10 Å². The molecular formula is C22H18N4O3S. The van der Waals surface area contributed by atoms with E-state index >= 15 is 0 Å². The third-order valence-corrected chi connectivity index (χ3v) is 5.78. The molecule has 3 aromatic carbocycles. The highest BCUT2D eigenvalue weighted by Crippen LogP contribution is 2.47. The van der Waals surface area contributed by atoms with Crippen molar-refractivity contribution in [2.45, 2.75) is 16.7 Å². The van der Waals surface area contributed by atoms with Crippen molar-refractivity contribution >= 4 is 40.4 Å². The number of nitrogens with one attached hydrogen (secondary N) is 1. The lowest BCUT2D eigenvalue weighted by atomic mass is 10.1. The molecule has 30 heavy (non-hydrogen) atoms. The number of nitro groups is 1. The van der Waals surface area contributed by atoms with Crippen LogP contribution in [0.15, 0.2) is 87.7 Å². The van der Waals surface area contributed by atoms with Gasteiger partial charge in [0, 0.05) is 21.9 Å². The van der Waals surface area contributed by atoms with E-state index in [2.05, 4.69) is 10.5 Å². The number of nitro benzene ring substituents is 1. The molecule has 3 aromatic rings. The van der Waals surface area contributed by atoms with E-state index in [1.54, 1.807) is 35.7 Å². The zero-order chi connectivity index (χ0) is 21.1. The molecule has 0 aromatic heterocycles. The van der Waals surface area contributed by atoms with E-state index in [-0.39, 0.29) is 18.1 Å². The number of amides is 1. The van der Waals surface area contributed by atoms with Gasteiger partial charge in [-0.3, -0.25) is 19.8 Å². The number of carbonyl (C=O) groups is 1. The number of rotatable bonds is 5. The first-order valence-corrected chi connectivity index (χ1v) is 10.1. The summed E-state index contributed by atoms with van der Waals surface area (Å²) in [5, 5.41) is 15.0. The highest BCUT2D eigenvalue weighted by molar-refractivity contribution is 7.99. The van der Waals surface area contributed by atoms with Crippen LogP contribution in [0, 0.1) is 10.1 Å². The number of hydrazone groups is 1. The largest absolute Gasteiger partial charge is 0.300 e. The molecule has 0 atom stereocenters. The summed E-state index contributed by atoms with van der Waals surface area (Å²) < 4.78 is 0. The molecule has 0 aliphatic carbocycles. The van der Waals surface area contributed by atoms with Crippen molar-refractivity contribution in [1.82, 2.24) is 5.43 Å². The van der Waals surface area contributed by atoms with Gasteiger partial charge >= 0.3 is 0 Å². The Morgan fingerprint density at radius 1 is 1.00 bits per heavy atom. The summed E-state index contributed by atoms with van der Waals surface area (Å²) in [5.74, 6) is -0.129. The molecule has 1 aliphatic heterocycles. The molecule has 0 saturated carbocycles. The van der Waals surface area contributed by atoms with Gasteiger partial charge in [0.1, 0.15) is 6.54 Å². The minimum Gasteiger partial charge on any atom is -0.300 e. The minimum absolute atomic E-state index is 0.0116. The molecule has 4 rings (SSSR count). The lowest BCUT2D eigenvalue weighted by Crippen LogP contribution is -2.35. The summed E-state index contributed by atoms with van der Waals surface area (Å²) in [7, 11) is 0. The molecular weight excluding hydrogens is 400 g/mol. The maximum absolute atomic E-state index is 13.1. The second kappa shape index (κ2) is 8.38. The molecule has 1 amide bonds. The topological polar surface area (TPSA) is 87.8 Å². The summed E-state index contributed by atoms with van der Waals surface area (Å²) in [6.45, 7) is 1.79. The maximum atomic E-state index is 13.1. The van der Waals surface area contributed by atoms with Crippen molar-refractivity contribution in [3.05, 3.63) is 88.5 Å². The predicted octanol–water partition coefficient (Wildman–Crippen LogP) is 4.74. The number of hydrogen-bond donors (Lipinski definition) is 1. The number of para-hydroxylation sites is 2. The van der Waals surface area contributed by atoms with Gasteiger partial charge < -0.3 is 5.43 Å². The number of nitrogens with zero attached hydrogens (tertiary/aromatic N) is 3. The normalized spacial score (nSPS) is 12.7. The van der Waals surface area contributed by atoms with E-state index in [1.807, 2.05) is 48.5 Å². The number of benzene rings is 3. The van der Waals surface area contributed by atoms with E-state index in [0.29, 0.717) is 5.71 Å². The number of hydrogen-bond acceptors (Lipinski definition) is 6. The number of non-ortho nitro benzene ring substituents is 1. The van der Waals surface area contributed by atoms with E-state index in [1.165, 1.54) is 12.1 Å². The number of anilines is 2. The second-order valence-electron chi connectivity index (χ2n) is 6.60. The van der Waals surface area contributed by atoms with Crippen molar-refractivity contribution in [2.75, 3.05) is 11.4 Å². The molecule has 0 bridgehead atoms. The highest BCUT2D eigenvalue weighted by Gasteiger charge is 2.27. The first kappa shape index (κ1) is 19.7. The van der Waals surface area contributed by atoms with Crippen LogP contribution in [0.4, 0.5) is 17.1 Å². The molecule has 1 aliphatic rings. The monoisotopic (exact) mass is 418 g/mol. The molecule has 7 nitrogen and oxygen atoms in total. The third-order valence-electron chi connectivity index (χ3n) is 4.65. The van der Waals surface area contributed by atoms with E-state index < -0.39 is 4.92 Å². The molecule has 0 fully saturated rings. The van der Waals surface area contributed by atoms with Gasteiger partial charge in [0.05, 0.1) is 22.0 Å². The van der Waals surface area contributed by atoms with Gasteiger partial charge in [0.2, 0.25) is 0 Å². The van der Waals surface area contributed by atoms with Crippen LogP contribution in [0.5, 0.6) is 0 Å². The molecule has 1 N–H and O–H groups in total. The van der Waals surface area contributed by atoms with Crippen LogP contribution in [-0.2, 0) is 4.79 Å². The fourth-order valence-electron chi connectivity index (χ4n) is 3.17. The standard InChI is InChI=1S/C22H18N4O3S/c1-15(16-10-12-17(13-11-16)26(28)29)24-23-14-22(27)25-18-6-2-4-8-20(18)30-21-9-5-3-7-19(21)25/h2-13,23H,14H2,1H3. The third kappa shape index (κ3) is 3.90. The van der Waals surface area contributed by atoms with Gasteiger partial charge in [-0.25, -0.2) is 0 Å². The Labute approximate surface area is 177 Å². The maximum Gasteiger partial charge on any atom is 0.269 e. The lowest BCUT2D eigenvalue weighted by molar-refractivity contribution is -0.384. The molecule has 0 saturated heterocycles. The number of fused-ring (bicyclic) bond motifs is 2. The van der Waals surface area contributed by atoms with Crippen LogP contribution < -0.4 is 10.3 Å². The summed E-state index contributed by atoms with van der Waals surface area (Å²) in [6.07, 6.45) is 0. The zero-order valence-electron chi connectivity index (χ0n) is 16.1. The Balaban J connectivity index is 1.50. The lowest BCUT2D eigenvalue weighted by Gasteiger charge is -2.30. The Hall–Kier alpha value is -3.65. The highest BCUT2D eigenvalue weighted by atomic mass is 32.2. The van der Waals surface area contributed by atoms with E-state index in [9.17, 15) is 14.9 Å². The summed E-state index contributed by atoms with van der Waals surface area (Å²) in [5.41, 5.74) is 5.93. The van der Waals surface area contributed by atoms with E-state index in [0.717, 1.165) is 26.7 Å². The van der Waals surface area contributed by atoms with Crippen molar-refractivity contribution in [3.8, 4) is 0 Å². The molecule has 0 spiro atoms. The number of carbonyl (C=O) groups excluding carboxylic acids is 1. The van der Waals surface area contributed by atoms with Crippen LogP contribution in [0.25, 0.3) is 0 Å². The molecule has 0 unspecified atom stereocenters. The van der Waals surface area contributed by atoms with Gasteiger partial charge in [-0.15, -0.1) is 0 Å². The first-order valence-electron chi connectivity index (χ1n) is 9.25. The molecule has 150 valence electrons. The summed E-state index contributed by atoms with van der Waals surface area (Å²) in [6, 6.07) is 21.7. The van der Waals surface area contributed by atoms with Gasteiger partial charge in [-0.1, -0.05) is 36.0 Å². The summed E-state index contributed by atoms with van der Waals surface area (Å²) in [4.78, 5) is 27.2. The zero-order valence-corrected chi connectivity index (χ0v) is 16.9. The van der Waals surface area contributed by atoms with Crippen molar-refractivity contribution in [3.63, 3.8) is 0 Å². The Kier molecular flexibility index (Phi) is 5.49. The van der Waals surface area contributed by atoms with E-state index in [4.69, 9.17) is 0 Å². The average molecular weight is 418 g/mol. The smallest absolute Gasteiger partial charge is 0.269 e. The van der Waals surface area contributed by atoms with Gasteiger partial charge in [-0.05, 0) is 48.9 Å². The van der Waals surface area contributed by atoms with Crippen LogP contribution >= 0.6 is 11.8 Å². The van der Waals surface area contributed by atoms with Gasteiger partial charge in [0.15, 0.2) is 0 Å². The van der Waals surface area contributed by atoms with Crippen LogP contribution in [-0.4, -0.2) is 23.1 Å². The average Bonchev–Trinajstić information content (AvgIpc) is 2.77. The fraction of sp³-hybridized carbons (Fsp3) is 0.0909. The summed E-state index contributed by atoms with van der Waals surface area (Å²) >= 11 is 1.64. The SMILES string of the molecule is CC(=NNCC(=O)N1c2ccccc2Sc2ccccc21)c1ccc([N+](=O)[O-])cc1. The van der Waals surface area contributed by atoms with Crippen LogP contribution in [0.2, 0.25) is 0 Å². The van der Waals surface area contributed by atoms with Gasteiger partial charge in [-0.2, -0.15) is 5.10 Å². The minimum atomic E-state index is -0.445. The molecule has 0 radical (unpaired) electrons. The first-order chi connectivity index (χ1) is 14.5. The Morgan fingerprint density at radius 2 is 1.57 bits per heavy atom. The quantitative estimate of drug-likeness (QED) is 0.367. The Bertz CT molecular complexity index is 1100. The van der Waals surface area contributed by atoms with Crippen LogP contribution in [0.3, 0.4) is 0 Å². The van der Waals surface area contributed by atoms with Gasteiger partial charge in [0.25, 0.3) is 11.6 Å². The molecule has 8 heteroatoms. The second-order valence-corrected chi connectivity index (χ2v) is 7.69.